The van der Waals surface area contributed by atoms with E-state index in [-0.39, 0.29) is 0 Å². The summed E-state index contributed by atoms with van der Waals surface area (Å²) >= 11 is 1.65. The third-order valence-corrected chi connectivity index (χ3v) is 5.54. The van der Waals surface area contributed by atoms with Crippen molar-refractivity contribution in [3.63, 3.8) is 0 Å². The number of rotatable bonds is 7. The Bertz CT molecular complexity index is 1040. The standard InChI is InChI=1S/C22H22N4OS/c1-3-26-20(14-17-10-6-4-7-11-17)24-25-22(26)28-15-19-16(2)27-21(23-19)18-12-8-5-9-13-18/h4-13H,3,14-15H2,1-2H3. The number of benzene rings is 2. The smallest absolute Gasteiger partial charge is 0.226 e. The van der Waals surface area contributed by atoms with Crippen LogP contribution >= 0.6 is 11.8 Å². The molecular weight excluding hydrogens is 368 g/mol. The molecule has 142 valence electrons. The predicted molar refractivity (Wildman–Crippen MR) is 111 cm³/mol. The number of hydrogen-bond acceptors (Lipinski definition) is 5. The molecule has 5 nitrogen and oxygen atoms in total. The molecule has 0 saturated heterocycles. The van der Waals surface area contributed by atoms with Gasteiger partial charge in [-0.1, -0.05) is 60.3 Å². The minimum Gasteiger partial charge on any atom is -0.441 e. The lowest BCUT2D eigenvalue weighted by Gasteiger charge is -2.07. The van der Waals surface area contributed by atoms with Gasteiger partial charge in [0.25, 0.3) is 0 Å². The van der Waals surface area contributed by atoms with E-state index in [4.69, 9.17) is 4.42 Å². The Morgan fingerprint density at radius 1 is 0.964 bits per heavy atom. The number of aromatic nitrogens is 4. The van der Waals surface area contributed by atoms with Crippen LogP contribution in [-0.2, 0) is 18.7 Å². The molecule has 0 aliphatic heterocycles. The second-order valence-electron chi connectivity index (χ2n) is 6.48. The van der Waals surface area contributed by atoms with Crippen molar-refractivity contribution in [2.45, 2.75) is 37.7 Å². The van der Waals surface area contributed by atoms with Gasteiger partial charge in [-0.2, -0.15) is 0 Å². The van der Waals surface area contributed by atoms with Gasteiger partial charge in [0.1, 0.15) is 11.6 Å². The highest BCUT2D eigenvalue weighted by molar-refractivity contribution is 7.98. The normalized spacial score (nSPS) is 11.1. The molecule has 0 spiro atoms. The molecule has 0 amide bonds. The Hall–Kier alpha value is -2.86. The Labute approximate surface area is 168 Å². The molecule has 0 atom stereocenters. The topological polar surface area (TPSA) is 56.7 Å². The van der Waals surface area contributed by atoms with E-state index in [1.807, 2.05) is 43.3 Å². The Morgan fingerprint density at radius 3 is 2.39 bits per heavy atom. The fraction of sp³-hybridized carbons (Fsp3) is 0.227. The quantitative estimate of drug-likeness (QED) is 0.409. The number of oxazole rings is 1. The maximum Gasteiger partial charge on any atom is 0.226 e. The number of thioether (sulfide) groups is 1. The molecule has 0 radical (unpaired) electrons. The summed E-state index contributed by atoms with van der Waals surface area (Å²) in [5.41, 5.74) is 3.17. The van der Waals surface area contributed by atoms with E-state index in [1.165, 1.54) is 5.56 Å². The van der Waals surface area contributed by atoms with Crippen LogP contribution in [0.3, 0.4) is 0 Å². The van der Waals surface area contributed by atoms with E-state index in [2.05, 4.69) is 50.9 Å². The molecule has 2 heterocycles. The fourth-order valence-electron chi connectivity index (χ4n) is 3.05. The van der Waals surface area contributed by atoms with Crippen molar-refractivity contribution >= 4 is 11.8 Å². The zero-order valence-electron chi connectivity index (χ0n) is 16.0. The van der Waals surface area contributed by atoms with Crippen LogP contribution in [0.1, 0.15) is 29.8 Å². The third-order valence-electron chi connectivity index (χ3n) is 4.57. The summed E-state index contributed by atoms with van der Waals surface area (Å²) in [4.78, 5) is 4.68. The summed E-state index contributed by atoms with van der Waals surface area (Å²) in [6.45, 7) is 4.92. The number of aryl methyl sites for hydroxylation is 1. The van der Waals surface area contributed by atoms with Crippen LogP contribution in [0.15, 0.2) is 70.2 Å². The molecular formula is C22H22N4OS. The van der Waals surface area contributed by atoms with Crippen molar-refractivity contribution in [3.8, 4) is 11.5 Å². The van der Waals surface area contributed by atoms with Gasteiger partial charge in [-0.15, -0.1) is 10.2 Å². The molecule has 4 aromatic rings. The zero-order valence-corrected chi connectivity index (χ0v) is 16.8. The molecule has 2 aromatic heterocycles. The zero-order chi connectivity index (χ0) is 19.3. The first kappa shape index (κ1) is 18.5. The molecule has 0 fully saturated rings. The summed E-state index contributed by atoms with van der Waals surface area (Å²) in [6, 6.07) is 20.3. The SMILES string of the molecule is CCn1c(Cc2ccccc2)nnc1SCc1nc(-c2ccccc2)oc1C. The van der Waals surface area contributed by atoms with Crippen molar-refractivity contribution in [1.82, 2.24) is 19.7 Å². The molecule has 4 rings (SSSR count). The second kappa shape index (κ2) is 8.44. The van der Waals surface area contributed by atoms with Gasteiger partial charge in [-0.25, -0.2) is 4.98 Å². The van der Waals surface area contributed by atoms with E-state index in [1.54, 1.807) is 11.8 Å². The maximum absolute atomic E-state index is 5.86. The first-order valence-corrected chi connectivity index (χ1v) is 10.3. The molecule has 0 aliphatic rings. The molecule has 0 saturated carbocycles. The van der Waals surface area contributed by atoms with Crippen molar-refractivity contribution in [3.05, 3.63) is 83.5 Å². The van der Waals surface area contributed by atoms with E-state index < -0.39 is 0 Å². The highest BCUT2D eigenvalue weighted by Crippen LogP contribution is 2.27. The van der Waals surface area contributed by atoms with Gasteiger partial charge in [0.05, 0.1) is 5.69 Å². The van der Waals surface area contributed by atoms with Gasteiger partial charge in [-0.05, 0) is 31.5 Å². The van der Waals surface area contributed by atoms with E-state index in [0.717, 1.165) is 41.0 Å². The summed E-state index contributed by atoms with van der Waals surface area (Å²) in [5, 5.41) is 9.74. The second-order valence-corrected chi connectivity index (χ2v) is 7.42. The van der Waals surface area contributed by atoms with Gasteiger partial charge in [-0.3, -0.25) is 0 Å². The van der Waals surface area contributed by atoms with Crippen LogP contribution in [0, 0.1) is 6.92 Å². The molecule has 6 heteroatoms. The summed E-state index contributed by atoms with van der Waals surface area (Å²) < 4.78 is 8.03. The molecule has 0 N–H and O–H groups in total. The van der Waals surface area contributed by atoms with Gasteiger partial charge < -0.3 is 8.98 Å². The minimum atomic E-state index is 0.662. The van der Waals surface area contributed by atoms with Crippen molar-refractivity contribution in [2.24, 2.45) is 0 Å². The van der Waals surface area contributed by atoms with Gasteiger partial charge >= 0.3 is 0 Å². The minimum absolute atomic E-state index is 0.662. The van der Waals surface area contributed by atoms with Crippen LogP contribution < -0.4 is 0 Å². The Balaban J connectivity index is 1.49. The van der Waals surface area contributed by atoms with Crippen molar-refractivity contribution in [1.29, 1.82) is 0 Å². The maximum atomic E-state index is 5.86. The summed E-state index contributed by atoms with van der Waals surface area (Å²) in [6.07, 6.45) is 0.781. The highest BCUT2D eigenvalue weighted by Gasteiger charge is 2.15. The van der Waals surface area contributed by atoms with Crippen molar-refractivity contribution in [2.75, 3.05) is 0 Å². The molecule has 28 heavy (non-hydrogen) atoms. The average molecular weight is 391 g/mol. The van der Waals surface area contributed by atoms with Crippen LogP contribution in [0.4, 0.5) is 0 Å². The van der Waals surface area contributed by atoms with Gasteiger partial charge in [0.15, 0.2) is 5.16 Å². The highest BCUT2D eigenvalue weighted by atomic mass is 32.2. The molecule has 0 unspecified atom stereocenters. The number of hydrogen-bond donors (Lipinski definition) is 0. The van der Waals surface area contributed by atoms with Gasteiger partial charge in [0.2, 0.25) is 5.89 Å². The monoisotopic (exact) mass is 390 g/mol. The molecule has 0 aliphatic carbocycles. The van der Waals surface area contributed by atoms with E-state index in [9.17, 15) is 0 Å². The van der Waals surface area contributed by atoms with Crippen LogP contribution in [0.25, 0.3) is 11.5 Å². The van der Waals surface area contributed by atoms with Crippen LogP contribution in [0.2, 0.25) is 0 Å². The summed E-state index contributed by atoms with van der Waals surface area (Å²) in [7, 11) is 0. The average Bonchev–Trinajstić information content (AvgIpc) is 3.30. The number of nitrogens with zero attached hydrogens (tertiary/aromatic N) is 4. The third kappa shape index (κ3) is 4.02. The molecule has 0 bridgehead atoms. The van der Waals surface area contributed by atoms with E-state index >= 15 is 0 Å². The van der Waals surface area contributed by atoms with Crippen LogP contribution in [-0.4, -0.2) is 19.7 Å². The lowest BCUT2D eigenvalue weighted by atomic mass is 10.1. The summed E-state index contributed by atoms with van der Waals surface area (Å²) in [5.74, 6) is 3.19. The Kier molecular flexibility index (Phi) is 5.58. The van der Waals surface area contributed by atoms with Gasteiger partial charge in [0, 0.05) is 24.3 Å². The van der Waals surface area contributed by atoms with Crippen molar-refractivity contribution < 1.29 is 4.42 Å². The lowest BCUT2D eigenvalue weighted by molar-refractivity contribution is 0.540. The first-order valence-electron chi connectivity index (χ1n) is 9.35. The largest absolute Gasteiger partial charge is 0.441 e. The Morgan fingerprint density at radius 2 is 1.68 bits per heavy atom. The fourth-order valence-corrected chi connectivity index (χ4v) is 4.07. The van der Waals surface area contributed by atoms with E-state index in [0.29, 0.717) is 11.6 Å². The molecule has 2 aromatic carbocycles. The lowest BCUT2D eigenvalue weighted by Crippen LogP contribution is -2.04. The predicted octanol–water partition coefficient (Wildman–Crippen LogP) is 5.14. The first-order chi connectivity index (χ1) is 13.7. The van der Waals surface area contributed by atoms with Crippen LogP contribution in [0.5, 0.6) is 0 Å².